The predicted molar refractivity (Wildman–Crippen MR) is 113 cm³/mol. The average Bonchev–Trinajstić information content (AvgIpc) is 3.25. The van der Waals surface area contributed by atoms with Gasteiger partial charge in [0.05, 0.1) is 30.7 Å². The lowest BCUT2D eigenvalue weighted by molar-refractivity contribution is -0.385. The summed E-state index contributed by atoms with van der Waals surface area (Å²) in [6.45, 7) is 8.24. The maximum absolute atomic E-state index is 12.9. The van der Waals surface area contributed by atoms with Crippen LogP contribution in [0.15, 0.2) is 29.0 Å². The molecular weight excluding hydrogens is 394 g/mol. The van der Waals surface area contributed by atoms with Crippen molar-refractivity contribution in [3.8, 4) is 11.5 Å². The van der Waals surface area contributed by atoms with E-state index in [1.165, 1.54) is 19.2 Å². The minimum Gasteiger partial charge on any atom is -0.493 e. The highest BCUT2D eigenvalue weighted by Crippen LogP contribution is 2.35. The van der Waals surface area contributed by atoms with Crippen LogP contribution in [0.4, 0.5) is 5.69 Å². The molecule has 0 bridgehead atoms. The molecule has 0 aliphatic rings. The van der Waals surface area contributed by atoms with Crippen molar-refractivity contribution >= 4 is 22.9 Å². The van der Waals surface area contributed by atoms with Crippen molar-refractivity contribution in [3.63, 3.8) is 0 Å². The van der Waals surface area contributed by atoms with Crippen molar-refractivity contribution in [1.29, 1.82) is 0 Å². The molecule has 2 aromatic rings. The van der Waals surface area contributed by atoms with Crippen LogP contribution in [0.25, 0.3) is 0 Å². The Morgan fingerprint density at radius 2 is 2.00 bits per heavy atom. The number of nitro groups is 1. The normalized spacial score (nSPS) is 11.9. The van der Waals surface area contributed by atoms with Crippen LogP contribution >= 0.6 is 11.3 Å². The van der Waals surface area contributed by atoms with E-state index in [2.05, 4.69) is 29.4 Å². The van der Waals surface area contributed by atoms with E-state index in [1.807, 2.05) is 11.4 Å². The number of nitrogens with one attached hydrogen (secondary N) is 1. The maximum Gasteiger partial charge on any atom is 0.286 e. The van der Waals surface area contributed by atoms with Gasteiger partial charge in [-0.25, -0.2) is 0 Å². The van der Waals surface area contributed by atoms with Gasteiger partial charge in [-0.2, -0.15) is 11.3 Å². The van der Waals surface area contributed by atoms with Gasteiger partial charge in [0, 0.05) is 12.6 Å². The van der Waals surface area contributed by atoms with E-state index in [4.69, 9.17) is 9.47 Å². The summed E-state index contributed by atoms with van der Waals surface area (Å²) >= 11 is 1.60. The van der Waals surface area contributed by atoms with Gasteiger partial charge in [0.25, 0.3) is 11.6 Å². The van der Waals surface area contributed by atoms with Crippen LogP contribution in [-0.2, 0) is 0 Å². The molecule has 9 heteroatoms. The highest BCUT2D eigenvalue weighted by atomic mass is 32.1. The number of hydrogen-bond donors (Lipinski definition) is 1. The average molecular weight is 422 g/mol. The number of carbonyl (C=O) groups excluding carboxylic acids is 1. The lowest BCUT2D eigenvalue weighted by Gasteiger charge is -2.29. The van der Waals surface area contributed by atoms with Crippen LogP contribution in [0.3, 0.4) is 0 Å². The molecule has 29 heavy (non-hydrogen) atoms. The van der Waals surface area contributed by atoms with E-state index >= 15 is 0 Å². The molecule has 1 amide bonds. The molecule has 158 valence electrons. The maximum atomic E-state index is 12.9. The number of ether oxygens (including phenoxy) is 2. The van der Waals surface area contributed by atoms with Crippen LogP contribution < -0.4 is 14.8 Å². The molecule has 0 spiro atoms. The van der Waals surface area contributed by atoms with Gasteiger partial charge in [-0.15, -0.1) is 0 Å². The fourth-order valence-electron chi connectivity index (χ4n) is 3.18. The first-order chi connectivity index (χ1) is 14.0. The van der Waals surface area contributed by atoms with Gasteiger partial charge in [0.1, 0.15) is 5.56 Å². The molecule has 0 fully saturated rings. The molecule has 1 heterocycles. The van der Waals surface area contributed by atoms with E-state index in [9.17, 15) is 14.9 Å². The van der Waals surface area contributed by atoms with Crippen molar-refractivity contribution < 1.29 is 19.2 Å². The topological polar surface area (TPSA) is 93.9 Å². The molecule has 1 unspecified atom stereocenters. The van der Waals surface area contributed by atoms with Gasteiger partial charge in [0.2, 0.25) is 0 Å². The fourth-order valence-corrected chi connectivity index (χ4v) is 3.89. The number of nitrogens with zero attached hydrogens (tertiary/aromatic N) is 2. The number of benzene rings is 1. The third kappa shape index (κ3) is 5.45. The summed E-state index contributed by atoms with van der Waals surface area (Å²) in [6, 6.07) is 4.61. The smallest absolute Gasteiger partial charge is 0.286 e. The van der Waals surface area contributed by atoms with Crippen molar-refractivity contribution in [3.05, 3.63) is 50.2 Å². The number of thiophene rings is 1. The monoisotopic (exact) mass is 421 g/mol. The second-order valence-electron chi connectivity index (χ2n) is 6.21. The Labute approximate surface area is 174 Å². The van der Waals surface area contributed by atoms with Crippen molar-refractivity contribution in [1.82, 2.24) is 10.2 Å². The first-order valence-corrected chi connectivity index (χ1v) is 10.4. The van der Waals surface area contributed by atoms with E-state index in [-0.39, 0.29) is 23.0 Å². The predicted octanol–water partition coefficient (Wildman–Crippen LogP) is 3.88. The van der Waals surface area contributed by atoms with Crippen molar-refractivity contribution in [2.24, 2.45) is 0 Å². The lowest BCUT2D eigenvalue weighted by Crippen LogP contribution is -2.38. The summed E-state index contributed by atoms with van der Waals surface area (Å²) < 4.78 is 10.6. The molecule has 0 aliphatic heterocycles. The zero-order valence-corrected chi connectivity index (χ0v) is 18.0. The minimum absolute atomic E-state index is 0.0103. The van der Waals surface area contributed by atoms with Crippen LogP contribution in [-0.4, -0.2) is 49.1 Å². The van der Waals surface area contributed by atoms with Crippen LogP contribution in [0.2, 0.25) is 0 Å². The summed E-state index contributed by atoms with van der Waals surface area (Å²) in [4.78, 5) is 26.0. The standard InChI is InChI=1S/C20H27N3O5S/c1-5-22(6-2)17(14-8-9-29-13-14)12-21-20(24)15-10-19(28-7-3)18(27-4)11-16(15)23(25)26/h8-11,13,17H,5-7,12H2,1-4H3,(H,21,24). The Balaban J connectivity index is 2.30. The number of likely N-dealkylation sites (N-methyl/N-ethyl adjacent to an activating group) is 1. The molecule has 0 aliphatic carbocycles. The molecule has 2 rings (SSSR count). The Bertz CT molecular complexity index is 822. The molecule has 1 atom stereocenters. The van der Waals surface area contributed by atoms with E-state index < -0.39 is 10.8 Å². The SMILES string of the molecule is CCOc1cc(C(=O)NCC(c2ccsc2)N(CC)CC)c([N+](=O)[O-])cc1OC. The van der Waals surface area contributed by atoms with E-state index in [0.717, 1.165) is 18.7 Å². The zero-order chi connectivity index (χ0) is 21.4. The molecule has 0 saturated heterocycles. The number of amides is 1. The van der Waals surface area contributed by atoms with Gasteiger partial charge in [-0.3, -0.25) is 19.8 Å². The van der Waals surface area contributed by atoms with Crippen LogP contribution in [0, 0.1) is 10.1 Å². The number of methoxy groups -OCH3 is 1. The summed E-state index contributed by atoms with van der Waals surface area (Å²) in [6.07, 6.45) is 0. The molecule has 0 saturated carbocycles. The Kier molecular flexibility index (Phi) is 8.41. The van der Waals surface area contributed by atoms with Crippen molar-refractivity contribution in [2.45, 2.75) is 26.8 Å². The van der Waals surface area contributed by atoms with E-state index in [1.54, 1.807) is 18.3 Å². The minimum atomic E-state index is -0.589. The molecule has 1 aromatic carbocycles. The van der Waals surface area contributed by atoms with Gasteiger partial charge in [-0.1, -0.05) is 13.8 Å². The van der Waals surface area contributed by atoms with Crippen LogP contribution in [0.5, 0.6) is 11.5 Å². The molecule has 8 nitrogen and oxygen atoms in total. The van der Waals surface area contributed by atoms with Crippen LogP contribution in [0.1, 0.15) is 42.7 Å². The number of rotatable bonds is 11. The van der Waals surface area contributed by atoms with Gasteiger partial charge >= 0.3 is 0 Å². The molecule has 1 N–H and O–H groups in total. The Morgan fingerprint density at radius 3 is 2.52 bits per heavy atom. The van der Waals surface area contributed by atoms with Gasteiger partial charge in [0.15, 0.2) is 11.5 Å². The number of carbonyl (C=O) groups is 1. The third-order valence-electron chi connectivity index (χ3n) is 4.66. The summed E-state index contributed by atoms with van der Waals surface area (Å²) in [5, 5.41) is 18.4. The third-order valence-corrected chi connectivity index (χ3v) is 5.36. The first-order valence-electron chi connectivity index (χ1n) is 9.50. The summed E-state index contributed by atoms with van der Waals surface area (Å²) in [5.74, 6) is -0.00837. The molecule has 1 aromatic heterocycles. The fraction of sp³-hybridized carbons (Fsp3) is 0.450. The number of nitro benzene ring substituents is 1. The Hall–Kier alpha value is -2.65. The van der Waals surface area contributed by atoms with E-state index in [0.29, 0.717) is 18.9 Å². The van der Waals surface area contributed by atoms with Crippen molar-refractivity contribution in [2.75, 3.05) is 33.4 Å². The zero-order valence-electron chi connectivity index (χ0n) is 17.1. The Morgan fingerprint density at radius 1 is 1.28 bits per heavy atom. The highest BCUT2D eigenvalue weighted by Gasteiger charge is 2.26. The summed E-state index contributed by atoms with van der Waals surface area (Å²) in [7, 11) is 1.40. The van der Waals surface area contributed by atoms with Gasteiger partial charge in [-0.05, 0) is 42.4 Å². The highest BCUT2D eigenvalue weighted by molar-refractivity contribution is 7.07. The lowest BCUT2D eigenvalue weighted by atomic mass is 10.1. The molecular formula is C20H27N3O5S. The second kappa shape index (κ2) is 10.8. The largest absolute Gasteiger partial charge is 0.493 e. The quantitative estimate of drug-likeness (QED) is 0.437. The molecule has 0 radical (unpaired) electrons. The second-order valence-corrected chi connectivity index (χ2v) is 6.99. The number of hydrogen-bond acceptors (Lipinski definition) is 7. The first kappa shape index (κ1) is 22.6. The van der Waals surface area contributed by atoms with Gasteiger partial charge < -0.3 is 14.8 Å². The summed E-state index contributed by atoms with van der Waals surface area (Å²) in [5.41, 5.74) is 0.735.